The van der Waals surface area contributed by atoms with Crippen LogP contribution < -0.4 is 11.5 Å². The molecule has 28 heavy (non-hydrogen) atoms. The van der Waals surface area contributed by atoms with E-state index in [0.29, 0.717) is 23.0 Å². The van der Waals surface area contributed by atoms with Gasteiger partial charge in [-0.3, -0.25) is 4.79 Å². The summed E-state index contributed by atoms with van der Waals surface area (Å²) in [5.74, 6) is 1.07. The fraction of sp³-hybridized carbons (Fsp3) is 0.318. The summed E-state index contributed by atoms with van der Waals surface area (Å²) >= 11 is 0. The highest BCUT2D eigenvalue weighted by Gasteiger charge is 2.56. The van der Waals surface area contributed by atoms with Gasteiger partial charge < -0.3 is 26.5 Å². The first-order valence-corrected chi connectivity index (χ1v) is 9.51. The number of rotatable bonds is 4. The van der Waals surface area contributed by atoms with E-state index in [1.54, 1.807) is 18.2 Å². The third-order valence-corrected chi connectivity index (χ3v) is 6.40. The molecule has 1 saturated carbocycles. The Hall–Kier alpha value is -3.15. The molecule has 6 N–H and O–H groups in total. The van der Waals surface area contributed by atoms with E-state index in [1.165, 1.54) is 6.08 Å². The molecule has 6 nitrogen and oxygen atoms in total. The number of nitrogens with two attached hydrogens (primary N) is 2. The van der Waals surface area contributed by atoms with E-state index in [2.05, 4.69) is 11.6 Å². The second-order valence-corrected chi connectivity index (χ2v) is 7.96. The molecular weight excluding hydrogens is 352 g/mol. The molecule has 1 unspecified atom stereocenters. The Morgan fingerprint density at radius 3 is 2.71 bits per heavy atom. The van der Waals surface area contributed by atoms with Crippen molar-refractivity contribution < 1.29 is 9.90 Å². The number of anilines is 1. The normalized spacial score (nSPS) is 20.5. The maximum atomic E-state index is 11.8. The van der Waals surface area contributed by atoms with Gasteiger partial charge >= 0.3 is 0 Å². The molecule has 1 saturated heterocycles. The van der Waals surface area contributed by atoms with E-state index in [9.17, 15) is 9.90 Å². The summed E-state index contributed by atoms with van der Waals surface area (Å²) in [5, 5.41) is 10.0. The van der Waals surface area contributed by atoms with Gasteiger partial charge in [0.1, 0.15) is 11.6 Å². The zero-order valence-electron chi connectivity index (χ0n) is 16.0. The van der Waals surface area contributed by atoms with Crippen LogP contribution in [0.2, 0.25) is 0 Å². The van der Waals surface area contributed by atoms with E-state index in [0.717, 1.165) is 42.8 Å². The van der Waals surface area contributed by atoms with Crippen molar-refractivity contribution in [2.75, 3.05) is 18.8 Å². The number of aromatic hydroxyl groups is 1. The van der Waals surface area contributed by atoms with Gasteiger partial charge in [-0.05, 0) is 49.6 Å². The van der Waals surface area contributed by atoms with Gasteiger partial charge in [0.2, 0.25) is 5.91 Å². The summed E-state index contributed by atoms with van der Waals surface area (Å²) < 4.78 is 0. The monoisotopic (exact) mass is 378 g/mol. The number of aromatic amines is 1. The molecule has 1 amide bonds. The van der Waals surface area contributed by atoms with Gasteiger partial charge in [-0.1, -0.05) is 18.7 Å². The van der Waals surface area contributed by atoms with Crippen LogP contribution in [0.5, 0.6) is 5.75 Å². The number of phenolic OH excluding ortho intramolecular Hbond substituents is 1. The number of nitrogen functional groups attached to an aromatic ring is 1. The first kappa shape index (κ1) is 18.2. The fourth-order valence-corrected chi connectivity index (χ4v) is 4.66. The van der Waals surface area contributed by atoms with Crippen LogP contribution in [0.1, 0.15) is 41.1 Å². The number of H-pyrrole nitrogens is 1. The molecule has 1 aromatic heterocycles. The van der Waals surface area contributed by atoms with Crippen molar-refractivity contribution in [3.8, 4) is 5.75 Å². The maximum absolute atomic E-state index is 11.8. The predicted octanol–water partition coefficient (Wildman–Crippen LogP) is 2.96. The molecular formula is C22H26N4O2. The standard InChI is InChI=1S/C22H26N4O2/c1-3-19(28)26-11-22(12-26)9-8-16(22)20-13(2)15(21(24)25-20)10-17(23)14-6-4-5-7-18(14)27/h3-7,10,16,25,27H,1,8-9,11-12,23-24H2,2H3/b17-10-. The zero-order valence-corrected chi connectivity index (χ0v) is 16.0. The van der Waals surface area contributed by atoms with E-state index >= 15 is 0 Å². The molecule has 146 valence electrons. The minimum atomic E-state index is -0.00180. The fourth-order valence-electron chi connectivity index (χ4n) is 4.66. The summed E-state index contributed by atoms with van der Waals surface area (Å²) in [7, 11) is 0. The van der Waals surface area contributed by atoms with Crippen LogP contribution in [0.25, 0.3) is 11.8 Å². The van der Waals surface area contributed by atoms with Crippen LogP contribution in [-0.2, 0) is 4.79 Å². The van der Waals surface area contributed by atoms with Gasteiger partial charge in [0.15, 0.2) is 0 Å². The lowest BCUT2D eigenvalue weighted by molar-refractivity contribution is -0.147. The van der Waals surface area contributed by atoms with Gasteiger partial charge in [-0.25, -0.2) is 0 Å². The number of nitrogens with zero attached hydrogens (tertiary/aromatic N) is 1. The predicted molar refractivity (Wildman–Crippen MR) is 111 cm³/mol. The molecule has 1 aliphatic carbocycles. The molecule has 0 radical (unpaired) electrons. The molecule has 0 bridgehead atoms. The van der Waals surface area contributed by atoms with Crippen molar-refractivity contribution in [3.05, 3.63) is 59.3 Å². The highest BCUT2D eigenvalue weighted by Crippen LogP contribution is 2.58. The zero-order chi connectivity index (χ0) is 20.1. The molecule has 4 rings (SSSR count). The SMILES string of the molecule is C=CC(=O)N1CC2(CCC2c2[nH]c(N)c(/C=C(\N)c3ccccc3O)c2C)C1. The van der Waals surface area contributed by atoms with Gasteiger partial charge in [-0.15, -0.1) is 0 Å². The average molecular weight is 378 g/mol. The topological polar surface area (TPSA) is 108 Å². The Bertz CT molecular complexity index is 982. The van der Waals surface area contributed by atoms with E-state index in [4.69, 9.17) is 11.5 Å². The van der Waals surface area contributed by atoms with Crippen LogP contribution in [-0.4, -0.2) is 34.0 Å². The van der Waals surface area contributed by atoms with Crippen LogP contribution in [0.15, 0.2) is 36.9 Å². The molecule has 1 spiro atoms. The van der Waals surface area contributed by atoms with E-state index in [-0.39, 0.29) is 17.1 Å². The van der Waals surface area contributed by atoms with E-state index < -0.39 is 0 Å². The quantitative estimate of drug-likeness (QED) is 0.613. The Morgan fingerprint density at radius 1 is 1.39 bits per heavy atom. The van der Waals surface area contributed by atoms with Crippen molar-refractivity contribution in [2.24, 2.45) is 11.1 Å². The van der Waals surface area contributed by atoms with Crippen LogP contribution in [0.3, 0.4) is 0 Å². The highest BCUT2D eigenvalue weighted by atomic mass is 16.3. The number of hydrogen-bond donors (Lipinski definition) is 4. The number of para-hydroxylation sites is 1. The molecule has 2 fully saturated rings. The number of amides is 1. The lowest BCUT2D eigenvalue weighted by Crippen LogP contribution is -2.64. The number of aromatic nitrogens is 1. The number of nitrogens with one attached hydrogen (secondary N) is 1. The second-order valence-electron chi connectivity index (χ2n) is 7.96. The van der Waals surface area contributed by atoms with Crippen molar-refractivity contribution in [2.45, 2.75) is 25.7 Å². The Kier molecular flexibility index (Phi) is 4.22. The average Bonchev–Trinajstić information content (AvgIpc) is 2.87. The number of benzene rings is 1. The molecule has 2 heterocycles. The summed E-state index contributed by atoms with van der Waals surface area (Å²) in [4.78, 5) is 17.0. The summed E-state index contributed by atoms with van der Waals surface area (Å²) in [6.07, 6.45) is 5.39. The number of likely N-dealkylation sites (tertiary alicyclic amines) is 1. The van der Waals surface area contributed by atoms with Crippen LogP contribution in [0.4, 0.5) is 5.82 Å². The number of phenols is 1. The highest BCUT2D eigenvalue weighted by molar-refractivity contribution is 5.88. The van der Waals surface area contributed by atoms with Gasteiger partial charge in [-0.2, -0.15) is 0 Å². The Morgan fingerprint density at radius 2 is 2.11 bits per heavy atom. The minimum Gasteiger partial charge on any atom is -0.507 e. The smallest absolute Gasteiger partial charge is 0.245 e. The number of hydrogen-bond acceptors (Lipinski definition) is 4. The largest absolute Gasteiger partial charge is 0.507 e. The van der Waals surface area contributed by atoms with Crippen molar-refractivity contribution in [1.29, 1.82) is 0 Å². The Labute approximate surface area is 164 Å². The van der Waals surface area contributed by atoms with Gasteiger partial charge in [0, 0.05) is 46.9 Å². The molecule has 1 aliphatic heterocycles. The summed E-state index contributed by atoms with van der Waals surface area (Å²) in [6, 6.07) is 6.98. The molecule has 1 aromatic carbocycles. The van der Waals surface area contributed by atoms with Crippen molar-refractivity contribution >= 4 is 23.5 Å². The number of carbonyl (C=O) groups is 1. The Balaban J connectivity index is 1.61. The lowest BCUT2D eigenvalue weighted by atomic mass is 9.54. The molecule has 2 aliphatic rings. The second kappa shape index (κ2) is 6.48. The minimum absolute atomic E-state index is 0.00180. The molecule has 1 atom stereocenters. The molecule has 6 heteroatoms. The van der Waals surface area contributed by atoms with Crippen LogP contribution >= 0.6 is 0 Å². The van der Waals surface area contributed by atoms with Gasteiger partial charge in [0.05, 0.1) is 0 Å². The van der Waals surface area contributed by atoms with Crippen LogP contribution in [0, 0.1) is 12.3 Å². The third-order valence-electron chi connectivity index (χ3n) is 6.40. The third kappa shape index (κ3) is 2.68. The van der Waals surface area contributed by atoms with E-state index in [1.807, 2.05) is 24.0 Å². The van der Waals surface area contributed by atoms with Crippen molar-refractivity contribution in [3.63, 3.8) is 0 Å². The van der Waals surface area contributed by atoms with Gasteiger partial charge in [0.25, 0.3) is 0 Å². The lowest BCUT2D eigenvalue weighted by Gasteiger charge is -2.60. The first-order valence-electron chi connectivity index (χ1n) is 9.51. The van der Waals surface area contributed by atoms with Crippen molar-refractivity contribution in [1.82, 2.24) is 9.88 Å². The number of carbonyl (C=O) groups excluding carboxylic acids is 1. The summed E-state index contributed by atoms with van der Waals surface area (Å²) in [5.41, 5.74) is 16.8. The first-order chi connectivity index (χ1) is 13.4. The molecule has 2 aromatic rings. The maximum Gasteiger partial charge on any atom is 0.245 e. The summed E-state index contributed by atoms with van der Waals surface area (Å²) in [6.45, 7) is 7.16.